The van der Waals surface area contributed by atoms with Crippen LogP contribution < -0.4 is 5.73 Å². The molecule has 2 aromatic rings. The molecular formula is C29H42FN3. The highest BCUT2D eigenvalue weighted by atomic mass is 19.1. The third kappa shape index (κ3) is 4.89. The molecule has 0 amide bonds. The van der Waals surface area contributed by atoms with Crippen LogP contribution in [0.2, 0.25) is 0 Å². The van der Waals surface area contributed by atoms with Crippen LogP contribution in [0.3, 0.4) is 0 Å². The molecule has 2 aliphatic heterocycles. The van der Waals surface area contributed by atoms with Crippen molar-refractivity contribution in [3.63, 3.8) is 0 Å². The van der Waals surface area contributed by atoms with Gasteiger partial charge < -0.3 is 5.73 Å². The first-order chi connectivity index (χ1) is 16.2. The molecule has 0 bridgehead atoms. The average Bonchev–Trinajstić information content (AvgIpc) is 3.25. The van der Waals surface area contributed by atoms with Gasteiger partial charge in [0.25, 0.3) is 0 Å². The van der Waals surface area contributed by atoms with Crippen molar-refractivity contribution in [1.29, 1.82) is 0 Å². The van der Waals surface area contributed by atoms with Gasteiger partial charge in [0.1, 0.15) is 5.82 Å². The lowest BCUT2D eigenvalue weighted by Gasteiger charge is -2.59. The lowest BCUT2D eigenvalue weighted by atomic mass is 9.62. The van der Waals surface area contributed by atoms with Crippen LogP contribution in [0.4, 0.5) is 4.39 Å². The lowest BCUT2D eigenvalue weighted by Crippen LogP contribution is -2.64. The van der Waals surface area contributed by atoms with E-state index in [9.17, 15) is 4.39 Å². The van der Waals surface area contributed by atoms with E-state index >= 15 is 0 Å². The number of hydrogen-bond acceptors (Lipinski definition) is 3. The molecule has 1 aliphatic carbocycles. The zero-order chi connectivity index (χ0) is 23.3. The van der Waals surface area contributed by atoms with Gasteiger partial charge in [0.15, 0.2) is 0 Å². The first-order valence-electron chi connectivity index (χ1n) is 13.2. The van der Waals surface area contributed by atoms with Crippen LogP contribution in [0.1, 0.15) is 63.5 Å². The summed E-state index contributed by atoms with van der Waals surface area (Å²) >= 11 is 0. The summed E-state index contributed by atoms with van der Waals surface area (Å²) < 4.78 is 14.5. The van der Waals surface area contributed by atoms with E-state index in [1.54, 1.807) is 6.07 Å². The number of benzene rings is 2. The topological polar surface area (TPSA) is 32.5 Å². The van der Waals surface area contributed by atoms with Gasteiger partial charge in [-0.15, -0.1) is 0 Å². The predicted molar refractivity (Wildman–Crippen MR) is 135 cm³/mol. The van der Waals surface area contributed by atoms with Gasteiger partial charge in [-0.3, -0.25) is 9.80 Å². The van der Waals surface area contributed by atoms with Crippen LogP contribution in [-0.4, -0.2) is 42.0 Å². The standard InChI is InChI=1S/C27H36FN3.C2H6/c28-24-10-4-9-23(19-24)27(31-15-6-16-31,25-11-5-12-26(25)29)22-13-17-30(18-14-22)20-21-7-2-1-3-8-21;1-2/h1-4,7-10,19,22,25-26H,5-6,11-18,20,29H2;1-2H3. The number of nitrogens with two attached hydrogens (primary N) is 1. The van der Waals surface area contributed by atoms with Crippen LogP contribution in [-0.2, 0) is 12.1 Å². The number of likely N-dealkylation sites (tertiary alicyclic amines) is 2. The molecule has 3 atom stereocenters. The van der Waals surface area contributed by atoms with E-state index < -0.39 is 0 Å². The van der Waals surface area contributed by atoms with Crippen molar-refractivity contribution in [2.75, 3.05) is 26.2 Å². The summed E-state index contributed by atoms with van der Waals surface area (Å²) in [5.41, 5.74) is 9.21. The summed E-state index contributed by atoms with van der Waals surface area (Å²) in [6.45, 7) is 9.46. The quantitative estimate of drug-likeness (QED) is 0.603. The Morgan fingerprint density at radius 1 is 0.879 bits per heavy atom. The van der Waals surface area contributed by atoms with Crippen LogP contribution in [0.5, 0.6) is 0 Å². The molecule has 33 heavy (non-hydrogen) atoms. The number of hydrogen-bond donors (Lipinski definition) is 1. The highest BCUT2D eigenvalue weighted by Gasteiger charge is 2.55. The van der Waals surface area contributed by atoms with Crippen molar-refractivity contribution in [2.45, 2.75) is 70.5 Å². The Kier molecular flexibility index (Phi) is 8.21. The zero-order valence-electron chi connectivity index (χ0n) is 20.6. The molecule has 2 heterocycles. The molecule has 0 spiro atoms. The molecule has 2 N–H and O–H groups in total. The normalized spacial score (nSPS) is 26.2. The van der Waals surface area contributed by atoms with Crippen molar-refractivity contribution < 1.29 is 4.39 Å². The third-order valence-corrected chi connectivity index (χ3v) is 8.26. The van der Waals surface area contributed by atoms with Crippen molar-refractivity contribution >= 4 is 0 Å². The fourth-order valence-corrected chi connectivity index (χ4v) is 6.76. The smallest absolute Gasteiger partial charge is 0.123 e. The molecule has 5 rings (SSSR count). The minimum atomic E-state index is -0.116. The van der Waals surface area contributed by atoms with Gasteiger partial charge in [0.2, 0.25) is 0 Å². The van der Waals surface area contributed by atoms with E-state index in [1.807, 2.05) is 26.0 Å². The Morgan fingerprint density at radius 2 is 1.61 bits per heavy atom. The maximum absolute atomic E-state index is 14.5. The maximum Gasteiger partial charge on any atom is 0.123 e. The maximum atomic E-state index is 14.5. The number of piperidine rings is 1. The van der Waals surface area contributed by atoms with E-state index in [2.05, 4.69) is 46.2 Å². The van der Waals surface area contributed by atoms with Crippen LogP contribution in [0.15, 0.2) is 54.6 Å². The SMILES string of the molecule is CC.NC1CCCC1C(c1cccc(F)c1)(C1CCN(Cc2ccccc2)CC1)N1CCC1. The van der Waals surface area contributed by atoms with Crippen molar-refractivity contribution in [3.8, 4) is 0 Å². The Hall–Kier alpha value is -1.75. The highest BCUT2D eigenvalue weighted by Crippen LogP contribution is 2.53. The predicted octanol–water partition coefficient (Wildman–Crippen LogP) is 5.79. The van der Waals surface area contributed by atoms with Crippen molar-refractivity contribution in [3.05, 3.63) is 71.5 Å². The summed E-state index contributed by atoms with van der Waals surface area (Å²) in [5, 5.41) is 0. The first-order valence-corrected chi connectivity index (χ1v) is 13.2. The molecule has 3 fully saturated rings. The molecule has 0 aromatic heterocycles. The number of rotatable bonds is 6. The third-order valence-electron chi connectivity index (χ3n) is 8.26. The van der Waals surface area contributed by atoms with Crippen LogP contribution >= 0.6 is 0 Å². The molecule has 180 valence electrons. The van der Waals surface area contributed by atoms with Gasteiger partial charge in [-0.1, -0.05) is 62.7 Å². The molecule has 2 saturated heterocycles. The summed E-state index contributed by atoms with van der Waals surface area (Å²) in [6, 6.07) is 18.5. The molecule has 4 heteroatoms. The molecule has 1 saturated carbocycles. The fourth-order valence-electron chi connectivity index (χ4n) is 6.76. The lowest BCUT2D eigenvalue weighted by molar-refractivity contribution is -0.0835. The molecule has 3 nitrogen and oxygen atoms in total. The first kappa shape index (κ1) is 24.4. The minimum Gasteiger partial charge on any atom is -0.327 e. The Bertz CT molecular complexity index is 860. The van der Waals surface area contributed by atoms with E-state index in [0.29, 0.717) is 11.8 Å². The zero-order valence-corrected chi connectivity index (χ0v) is 20.6. The van der Waals surface area contributed by atoms with Gasteiger partial charge in [-0.05, 0) is 80.3 Å². The molecule has 3 unspecified atom stereocenters. The summed E-state index contributed by atoms with van der Waals surface area (Å²) in [4.78, 5) is 5.27. The van der Waals surface area contributed by atoms with E-state index in [-0.39, 0.29) is 17.4 Å². The van der Waals surface area contributed by atoms with E-state index in [4.69, 9.17) is 5.73 Å². The summed E-state index contributed by atoms with van der Waals surface area (Å²) in [7, 11) is 0. The molecule has 2 aromatic carbocycles. The molecule has 0 radical (unpaired) electrons. The second kappa shape index (κ2) is 11.1. The van der Waals surface area contributed by atoms with Gasteiger partial charge in [0.05, 0.1) is 5.54 Å². The van der Waals surface area contributed by atoms with Gasteiger partial charge >= 0.3 is 0 Å². The van der Waals surface area contributed by atoms with Crippen molar-refractivity contribution in [2.24, 2.45) is 17.6 Å². The summed E-state index contributed by atoms with van der Waals surface area (Å²) in [6.07, 6.45) is 7.02. The largest absolute Gasteiger partial charge is 0.327 e. The Labute approximate surface area is 200 Å². The number of halogens is 1. The van der Waals surface area contributed by atoms with Crippen LogP contribution in [0.25, 0.3) is 0 Å². The second-order valence-electron chi connectivity index (χ2n) is 9.91. The van der Waals surface area contributed by atoms with Gasteiger partial charge in [-0.2, -0.15) is 0 Å². The molecule has 3 aliphatic rings. The Balaban J connectivity index is 0.00000126. The Morgan fingerprint density at radius 3 is 2.18 bits per heavy atom. The van der Waals surface area contributed by atoms with Crippen LogP contribution in [0, 0.1) is 17.7 Å². The number of nitrogens with zero attached hydrogens (tertiary/aromatic N) is 2. The monoisotopic (exact) mass is 451 g/mol. The van der Waals surface area contributed by atoms with Crippen molar-refractivity contribution in [1.82, 2.24) is 9.80 Å². The van der Waals surface area contributed by atoms with E-state index in [0.717, 1.165) is 52.0 Å². The van der Waals surface area contributed by atoms with Gasteiger partial charge in [0, 0.05) is 25.7 Å². The minimum absolute atomic E-state index is 0.115. The second-order valence-corrected chi connectivity index (χ2v) is 9.91. The van der Waals surface area contributed by atoms with Gasteiger partial charge in [-0.25, -0.2) is 4.39 Å². The highest BCUT2D eigenvalue weighted by molar-refractivity contribution is 5.30. The average molecular weight is 452 g/mol. The van der Waals surface area contributed by atoms with E-state index in [1.165, 1.54) is 30.4 Å². The fraction of sp³-hybridized carbons (Fsp3) is 0.586. The summed E-state index contributed by atoms with van der Waals surface area (Å²) in [5.74, 6) is 0.825. The molecular weight excluding hydrogens is 409 g/mol.